The lowest BCUT2D eigenvalue weighted by molar-refractivity contribution is -0.145. The third-order valence-corrected chi connectivity index (χ3v) is 2.88. The number of carbonyl (C=O) groups excluding carboxylic acids is 1. The monoisotopic (exact) mass is 344 g/mol. The normalized spacial score (nSPS) is 11.4. The molecule has 8 heteroatoms. The van der Waals surface area contributed by atoms with E-state index in [1.807, 2.05) is 0 Å². The maximum atomic E-state index is 11.5. The van der Waals surface area contributed by atoms with E-state index in [1.54, 1.807) is 24.3 Å². The Morgan fingerprint density at radius 1 is 1.15 bits per heavy atom. The molecule has 1 aromatic carbocycles. The van der Waals surface area contributed by atoms with Crippen LogP contribution in [-0.2, 0) is 16.1 Å². The first-order chi connectivity index (χ1) is 9.38. The van der Waals surface area contributed by atoms with E-state index in [9.17, 15) is 14.4 Å². The number of nitrogens with one attached hydrogen (secondary N) is 2. The Balaban J connectivity index is 2.47. The Labute approximate surface area is 123 Å². The van der Waals surface area contributed by atoms with E-state index in [1.165, 1.54) is 0 Å². The van der Waals surface area contributed by atoms with Crippen molar-refractivity contribution in [2.75, 3.05) is 0 Å². The SMILES string of the molecule is O=C(O)C[C@@H](NC(=O)NCc1ccc(Br)cc1)C(=O)O. The first-order valence-electron chi connectivity index (χ1n) is 5.62. The molecule has 1 atom stereocenters. The van der Waals surface area contributed by atoms with Gasteiger partial charge in [-0.25, -0.2) is 9.59 Å². The molecule has 108 valence electrons. The molecule has 0 saturated heterocycles. The topological polar surface area (TPSA) is 116 Å². The van der Waals surface area contributed by atoms with Gasteiger partial charge in [-0.3, -0.25) is 4.79 Å². The molecule has 1 rings (SSSR count). The lowest BCUT2D eigenvalue weighted by atomic mass is 10.2. The van der Waals surface area contributed by atoms with Crippen LogP contribution in [0.25, 0.3) is 0 Å². The number of amides is 2. The largest absolute Gasteiger partial charge is 0.481 e. The van der Waals surface area contributed by atoms with Crippen LogP contribution in [0.4, 0.5) is 4.79 Å². The summed E-state index contributed by atoms with van der Waals surface area (Å²) >= 11 is 3.28. The second kappa shape index (κ2) is 7.49. The zero-order chi connectivity index (χ0) is 15.1. The van der Waals surface area contributed by atoms with Crippen LogP contribution in [0.5, 0.6) is 0 Å². The Morgan fingerprint density at radius 3 is 2.25 bits per heavy atom. The van der Waals surface area contributed by atoms with Crippen molar-refractivity contribution in [1.82, 2.24) is 10.6 Å². The average molecular weight is 345 g/mol. The molecular formula is C12H13BrN2O5. The Kier molecular flexibility index (Phi) is 5.98. The van der Waals surface area contributed by atoms with Gasteiger partial charge in [0.2, 0.25) is 0 Å². The van der Waals surface area contributed by atoms with E-state index in [0.29, 0.717) is 0 Å². The highest BCUT2D eigenvalue weighted by atomic mass is 79.9. The van der Waals surface area contributed by atoms with Gasteiger partial charge in [0.05, 0.1) is 6.42 Å². The van der Waals surface area contributed by atoms with Crippen molar-refractivity contribution in [3.05, 3.63) is 34.3 Å². The van der Waals surface area contributed by atoms with Gasteiger partial charge in [-0.1, -0.05) is 28.1 Å². The standard InChI is InChI=1S/C12H13BrN2O5/c13-8-3-1-7(2-4-8)6-14-12(20)15-9(11(18)19)5-10(16)17/h1-4,9H,5-6H2,(H,16,17)(H,18,19)(H2,14,15,20)/t9-/m1/s1. The molecule has 0 unspecified atom stereocenters. The van der Waals surface area contributed by atoms with Gasteiger partial charge in [-0.15, -0.1) is 0 Å². The van der Waals surface area contributed by atoms with E-state index in [-0.39, 0.29) is 6.54 Å². The lowest BCUT2D eigenvalue weighted by Crippen LogP contribution is -2.46. The third kappa shape index (κ3) is 5.70. The molecule has 0 fully saturated rings. The fourth-order valence-corrected chi connectivity index (χ4v) is 1.63. The quantitative estimate of drug-likeness (QED) is 0.618. The highest BCUT2D eigenvalue weighted by Gasteiger charge is 2.22. The summed E-state index contributed by atoms with van der Waals surface area (Å²) in [6.07, 6.45) is -0.680. The van der Waals surface area contributed by atoms with Crippen LogP contribution < -0.4 is 10.6 Å². The van der Waals surface area contributed by atoms with Gasteiger partial charge in [-0.2, -0.15) is 0 Å². The summed E-state index contributed by atoms with van der Waals surface area (Å²) in [6, 6.07) is 4.99. The Bertz CT molecular complexity index is 503. The lowest BCUT2D eigenvalue weighted by Gasteiger charge is -2.13. The molecule has 0 spiro atoms. The number of aliphatic carboxylic acids is 2. The number of halogens is 1. The summed E-state index contributed by atoms with van der Waals surface area (Å²) in [6.45, 7) is 0.207. The van der Waals surface area contributed by atoms with Crippen molar-refractivity contribution >= 4 is 33.9 Å². The van der Waals surface area contributed by atoms with E-state index in [2.05, 4.69) is 26.6 Å². The Hall–Kier alpha value is -2.09. The predicted molar refractivity (Wildman–Crippen MR) is 73.2 cm³/mol. The van der Waals surface area contributed by atoms with Crippen molar-refractivity contribution < 1.29 is 24.6 Å². The molecule has 1 aromatic rings. The molecule has 0 radical (unpaired) electrons. The molecular weight excluding hydrogens is 332 g/mol. The molecule has 20 heavy (non-hydrogen) atoms. The minimum Gasteiger partial charge on any atom is -0.481 e. The van der Waals surface area contributed by atoms with Crippen molar-refractivity contribution in [2.24, 2.45) is 0 Å². The highest BCUT2D eigenvalue weighted by Crippen LogP contribution is 2.10. The molecule has 2 amide bonds. The van der Waals surface area contributed by atoms with Gasteiger partial charge in [0, 0.05) is 11.0 Å². The molecule has 0 aromatic heterocycles. The minimum atomic E-state index is -1.46. The summed E-state index contributed by atoms with van der Waals surface area (Å²) in [4.78, 5) is 32.7. The number of benzene rings is 1. The van der Waals surface area contributed by atoms with Crippen LogP contribution in [0, 0.1) is 0 Å². The number of rotatable bonds is 6. The van der Waals surface area contributed by atoms with Gasteiger partial charge in [0.1, 0.15) is 6.04 Å². The number of carboxylic acid groups (broad SMARTS) is 2. The molecule has 0 aliphatic rings. The van der Waals surface area contributed by atoms with Crippen molar-refractivity contribution in [2.45, 2.75) is 19.0 Å². The van der Waals surface area contributed by atoms with Crippen LogP contribution in [0.1, 0.15) is 12.0 Å². The summed E-state index contributed by atoms with van der Waals surface area (Å²) in [5.74, 6) is -2.70. The van der Waals surface area contributed by atoms with E-state index in [4.69, 9.17) is 10.2 Å². The van der Waals surface area contributed by atoms with Gasteiger partial charge < -0.3 is 20.8 Å². The number of hydrogen-bond acceptors (Lipinski definition) is 3. The first-order valence-corrected chi connectivity index (χ1v) is 6.41. The average Bonchev–Trinajstić information content (AvgIpc) is 2.36. The van der Waals surface area contributed by atoms with Gasteiger partial charge in [0.25, 0.3) is 0 Å². The van der Waals surface area contributed by atoms with Gasteiger partial charge >= 0.3 is 18.0 Å². The maximum Gasteiger partial charge on any atom is 0.326 e. The van der Waals surface area contributed by atoms with Crippen molar-refractivity contribution in [3.63, 3.8) is 0 Å². The second-order valence-electron chi connectivity index (χ2n) is 3.94. The zero-order valence-electron chi connectivity index (χ0n) is 10.3. The first kappa shape index (κ1) is 16.0. The number of urea groups is 1. The van der Waals surface area contributed by atoms with Crippen LogP contribution in [0.15, 0.2) is 28.7 Å². The third-order valence-electron chi connectivity index (χ3n) is 2.35. The number of carboxylic acids is 2. The fraction of sp³-hybridized carbons (Fsp3) is 0.250. The predicted octanol–water partition coefficient (Wildman–Crippen LogP) is 1.18. The van der Waals surface area contributed by atoms with E-state index < -0.39 is 30.4 Å². The smallest absolute Gasteiger partial charge is 0.326 e. The maximum absolute atomic E-state index is 11.5. The van der Waals surface area contributed by atoms with Crippen LogP contribution in [0.2, 0.25) is 0 Å². The molecule has 0 aliphatic heterocycles. The van der Waals surface area contributed by atoms with Crippen LogP contribution in [-0.4, -0.2) is 34.2 Å². The van der Waals surface area contributed by atoms with Crippen LogP contribution >= 0.6 is 15.9 Å². The van der Waals surface area contributed by atoms with Gasteiger partial charge in [0.15, 0.2) is 0 Å². The van der Waals surface area contributed by atoms with E-state index in [0.717, 1.165) is 10.0 Å². The highest BCUT2D eigenvalue weighted by molar-refractivity contribution is 9.10. The van der Waals surface area contributed by atoms with Crippen LogP contribution in [0.3, 0.4) is 0 Å². The fourth-order valence-electron chi connectivity index (χ4n) is 1.37. The number of carbonyl (C=O) groups is 3. The molecule has 4 N–H and O–H groups in total. The summed E-state index contributed by atoms with van der Waals surface area (Å²) in [5, 5.41) is 21.9. The van der Waals surface area contributed by atoms with Crippen molar-refractivity contribution in [1.29, 1.82) is 0 Å². The summed E-state index contributed by atoms with van der Waals surface area (Å²) < 4.78 is 0.901. The van der Waals surface area contributed by atoms with Crippen molar-refractivity contribution in [3.8, 4) is 0 Å². The van der Waals surface area contributed by atoms with E-state index >= 15 is 0 Å². The molecule has 0 aliphatic carbocycles. The zero-order valence-corrected chi connectivity index (χ0v) is 11.9. The molecule has 0 bridgehead atoms. The number of hydrogen-bond donors (Lipinski definition) is 4. The summed E-state index contributed by atoms with van der Waals surface area (Å²) in [5.41, 5.74) is 0.827. The summed E-state index contributed by atoms with van der Waals surface area (Å²) in [7, 11) is 0. The molecule has 0 saturated carbocycles. The Morgan fingerprint density at radius 2 is 1.75 bits per heavy atom. The minimum absolute atomic E-state index is 0.207. The van der Waals surface area contributed by atoms with Gasteiger partial charge in [-0.05, 0) is 17.7 Å². The molecule has 7 nitrogen and oxygen atoms in total. The second-order valence-corrected chi connectivity index (χ2v) is 4.86. The molecule has 0 heterocycles.